The Morgan fingerprint density at radius 2 is 2.00 bits per heavy atom. The molecule has 0 unspecified atom stereocenters. The second-order valence-electron chi connectivity index (χ2n) is 5.82. The van der Waals surface area contributed by atoms with Crippen LogP contribution >= 0.6 is 0 Å². The summed E-state index contributed by atoms with van der Waals surface area (Å²) in [6.07, 6.45) is 2.87. The summed E-state index contributed by atoms with van der Waals surface area (Å²) in [4.78, 5) is 37.6. The summed E-state index contributed by atoms with van der Waals surface area (Å²) < 4.78 is 6.28. The number of anilines is 1. The maximum Gasteiger partial charge on any atom is 0.337 e. The van der Waals surface area contributed by atoms with E-state index >= 15 is 0 Å². The number of carbonyl (C=O) groups is 3. The Bertz CT molecular complexity index is 953. The summed E-state index contributed by atoms with van der Waals surface area (Å²) in [5, 5.41) is 28.8. The molecular weight excluding hydrogens is 370 g/mol. The molecule has 0 saturated heterocycles. The molecule has 11 nitrogen and oxygen atoms in total. The largest absolute Gasteiger partial charge is 0.478 e. The normalized spacial score (nSPS) is 13.8. The van der Waals surface area contributed by atoms with Crippen LogP contribution in [-0.4, -0.2) is 74.5 Å². The highest BCUT2D eigenvalue weighted by Crippen LogP contribution is 2.26. The van der Waals surface area contributed by atoms with Gasteiger partial charge in [-0.25, -0.2) is 9.59 Å². The number of β-amino-alcohol motifs (C(OH)–C–C–N with tert-alkyl or cyclic N) is 1. The quantitative estimate of drug-likeness (QED) is 0.542. The van der Waals surface area contributed by atoms with Crippen molar-refractivity contribution in [2.45, 2.75) is 0 Å². The lowest BCUT2D eigenvalue weighted by Crippen LogP contribution is -2.31. The Balaban J connectivity index is 2.04. The summed E-state index contributed by atoms with van der Waals surface area (Å²) in [6.45, 7) is -0.310. The number of benzene rings is 1. The lowest BCUT2D eigenvalue weighted by Gasteiger charge is -2.16. The lowest BCUT2D eigenvalue weighted by molar-refractivity contribution is -0.136. The molecule has 1 aromatic carbocycles. The third-order valence-corrected chi connectivity index (χ3v) is 4.16. The summed E-state index contributed by atoms with van der Waals surface area (Å²) in [7, 11) is 1.18. The molecule has 0 radical (unpaired) electrons. The SMILES string of the molecule is COC(=O)C1=C(Nc2cc(-n3cnnc3)ccc2C(=O)O)C(=O)N(CCO)C1. The molecule has 1 aliphatic rings. The van der Waals surface area contributed by atoms with Crippen molar-refractivity contribution in [2.24, 2.45) is 0 Å². The Labute approximate surface area is 158 Å². The molecule has 2 heterocycles. The number of aromatic nitrogens is 3. The van der Waals surface area contributed by atoms with E-state index in [1.54, 1.807) is 10.6 Å². The van der Waals surface area contributed by atoms with Crippen LogP contribution in [0.5, 0.6) is 0 Å². The van der Waals surface area contributed by atoms with Gasteiger partial charge < -0.3 is 25.2 Å². The van der Waals surface area contributed by atoms with Gasteiger partial charge in [-0.2, -0.15) is 0 Å². The van der Waals surface area contributed by atoms with Crippen LogP contribution in [0.25, 0.3) is 5.69 Å². The van der Waals surface area contributed by atoms with Gasteiger partial charge in [0.25, 0.3) is 5.91 Å². The summed E-state index contributed by atoms with van der Waals surface area (Å²) in [6, 6.07) is 4.42. The van der Waals surface area contributed by atoms with E-state index in [1.807, 2.05) is 0 Å². The minimum absolute atomic E-state index is 0.0248. The fraction of sp³-hybridized carbons (Fsp3) is 0.235. The van der Waals surface area contributed by atoms with E-state index in [4.69, 9.17) is 9.84 Å². The Kier molecular flexibility index (Phi) is 5.36. The molecular formula is C17H17N5O6. The van der Waals surface area contributed by atoms with Gasteiger partial charge in [0.1, 0.15) is 18.4 Å². The monoisotopic (exact) mass is 387 g/mol. The summed E-state index contributed by atoms with van der Waals surface area (Å²) in [5.74, 6) is -2.47. The second kappa shape index (κ2) is 7.88. The van der Waals surface area contributed by atoms with Crippen LogP contribution < -0.4 is 5.32 Å². The van der Waals surface area contributed by atoms with Crippen molar-refractivity contribution in [3.8, 4) is 5.69 Å². The smallest absolute Gasteiger partial charge is 0.337 e. The van der Waals surface area contributed by atoms with Gasteiger partial charge in [0.2, 0.25) is 0 Å². The number of aliphatic hydroxyl groups is 1. The molecule has 0 aliphatic carbocycles. The zero-order chi connectivity index (χ0) is 20.3. The number of rotatable bonds is 7. The molecule has 0 fully saturated rings. The number of carbonyl (C=O) groups excluding carboxylic acids is 2. The average Bonchev–Trinajstić information content (AvgIpc) is 3.32. The molecule has 28 heavy (non-hydrogen) atoms. The Morgan fingerprint density at radius 1 is 1.29 bits per heavy atom. The molecule has 3 rings (SSSR count). The molecule has 3 N–H and O–H groups in total. The average molecular weight is 387 g/mol. The fourth-order valence-electron chi connectivity index (χ4n) is 2.80. The van der Waals surface area contributed by atoms with Gasteiger partial charge in [0.15, 0.2) is 0 Å². The Morgan fingerprint density at radius 3 is 2.61 bits per heavy atom. The molecule has 11 heteroatoms. The summed E-state index contributed by atoms with van der Waals surface area (Å²) in [5.41, 5.74) is 0.516. The van der Waals surface area contributed by atoms with Gasteiger partial charge in [-0.15, -0.1) is 10.2 Å². The van der Waals surface area contributed by atoms with Crippen LogP contribution in [0.4, 0.5) is 5.69 Å². The number of hydrogen-bond acceptors (Lipinski definition) is 8. The van der Waals surface area contributed by atoms with Gasteiger partial charge in [-0.3, -0.25) is 9.36 Å². The molecule has 2 aromatic rings. The van der Waals surface area contributed by atoms with Gasteiger partial charge >= 0.3 is 11.9 Å². The van der Waals surface area contributed by atoms with Gasteiger partial charge in [0, 0.05) is 6.54 Å². The van der Waals surface area contributed by atoms with Crippen LogP contribution in [0, 0.1) is 0 Å². The Hall–Kier alpha value is -3.73. The van der Waals surface area contributed by atoms with Gasteiger partial charge in [-0.1, -0.05) is 0 Å². The van der Waals surface area contributed by atoms with Crippen molar-refractivity contribution >= 4 is 23.5 Å². The molecule has 0 atom stereocenters. The van der Waals surface area contributed by atoms with Crippen molar-refractivity contribution in [3.63, 3.8) is 0 Å². The highest BCUT2D eigenvalue weighted by Gasteiger charge is 2.35. The number of aliphatic hydroxyl groups excluding tert-OH is 1. The van der Waals surface area contributed by atoms with Gasteiger partial charge in [0.05, 0.1) is 42.8 Å². The van der Waals surface area contributed by atoms with E-state index in [-0.39, 0.29) is 42.2 Å². The predicted octanol–water partition coefficient (Wildman–Crippen LogP) is -0.361. The standard InChI is InChI=1S/C17H17N5O6/c1-28-17(27)12-7-21(4-5-23)15(24)14(12)20-13-6-10(22-8-18-19-9-22)2-3-11(13)16(25)26/h2-3,6,8-9,20,23H,4-5,7H2,1H3,(H,25,26). The maximum atomic E-state index is 12.6. The van der Waals surface area contributed by atoms with E-state index in [1.165, 1.54) is 36.8 Å². The minimum atomic E-state index is -1.21. The number of methoxy groups -OCH3 is 1. The first-order valence-corrected chi connectivity index (χ1v) is 8.17. The first-order valence-electron chi connectivity index (χ1n) is 8.17. The van der Waals surface area contributed by atoms with E-state index in [2.05, 4.69) is 15.5 Å². The van der Waals surface area contributed by atoms with E-state index in [0.29, 0.717) is 5.69 Å². The number of carboxylic acids is 1. The molecule has 146 valence electrons. The predicted molar refractivity (Wildman–Crippen MR) is 94.6 cm³/mol. The first-order chi connectivity index (χ1) is 13.5. The zero-order valence-corrected chi connectivity index (χ0v) is 14.8. The number of nitrogens with one attached hydrogen (secondary N) is 1. The van der Waals surface area contributed by atoms with Crippen LogP contribution in [0.2, 0.25) is 0 Å². The van der Waals surface area contributed by atoms with Crippen LogP contribution in [0.1, 0.15) is 10.4 Å². The molecule has 0 bridgehead atoms. The van der Waals surface area contributed by atoms with E-state index in [9.17, 15) is 19.5 Å². The van der Waals surface area contributed by atoms with Gasteiger partial charge in [-0.05, 0) is 18.2 Å². The third kappa shape index (κ3) is 3.55. The second-order valence-corrected chi connectivity index (χ2v) is 5.82. The lowest BCUT2D eigenvalue weighted by atomic mass is 10.1. The van der Waals surface area contributed by atoms with E-state index < -0.39 is 17.8 Å². The minimum Gasteiger partial charge on any atom is -0.478 e. The highest BCUT2D eigenvalue weighted by molar-refractivity contribution is 6.09. The number of nitrogens with zero attached hydrogens (tertiary/aromatic N) is 4. The fourth-order valence-corrected chi connectivity index (χ4v) is 2.80. The number of amides is 1. The first kappa shape index (κ1) is 19.0. The third-order valence-electron chi connectivity index (χ3n) is 4.16. The molecule has 1 amide bonds. The van der Waals surface area contributed by atoms with Crippen LogP contribution in [0.15, 0.2) is 42.1 Å². The summed E-state index contributed by atoms with van der Waals surface area (Å²) >= 11 is 0. The van der Waals surface area contributed by atoms with Crippen LogP contribution in [-0.2, 0) is 14.3 Å². The maximum absolute atomic E-state index is 12.6. The number of hydrogen-bond donors (Lipinski definition) is 3. The topological polar surface area (TPSA) is 147 Å². The number of carboxylic acid groups (broad SMARTS) is 1. The van der Waals surface area contributed by atoms with E-state index in [0.717, 1.165) is 0 Å². The highest BCUT2D eigenvalue weighted by atomic mass is 16.5. The van der Waals surface area contributed by atoms with Crippen molar-refractivity contribution in [2.75, 3.05) is 32.1 Å². The number of esters is 1. The van der Waals surface area contributed by atoms with Crippen LogP contribution in [0.3, 0.4) is 0 Å². The van der Waals surface area contributed by atoms with Crippen molar-refractivity contribution < 1.29 is 29.3 Å². The molecule has 0 spiro atoms. The van der Waals surface area contributed by atoms with Crippen molar-refractivity contribution in [1.82, 2.24) is 19.7 Å². The van der Waals surface area contributed by atoms with Crippen molar-refractivity contribution in [1.29, 1.82) is 0 Å². The van der Waals surface area contributed by atoms with Crippen molar-refractivity contribution in [3.05, 3.63) is 47.7 Å². The molecule has 1 aliphatic heterocycles. The number of aromatic carboxylic acids is 1. The molecule has 1 aromatic heterocycles. The zero-order valence-electron chi connectivity index (χ0n) is 14.8. The number of ether oxygens (including phenoxy) is 1. The molecule has 0 saturated carbocycles.